The van der Waals surface area contributed by atoms with E-state index < -0.39 is 11.9 Å². The summed E-state index contributed by atoms with van der Waals surface area (Å²) in [5.41, 5.74) is 0. The molecule has 0 rings (SSSR count). The van der Waals surface area contributed by atoms with E-state index in [1.807, 2.05) is 0 Å². The van der Waals surface area contributed by atoms with Crippen LogP contribution < -0.4 is 0 Å². The summed E-state index contributed by atoms with van der Waals surface area (Å²) in [6.07, 6.45) is 0. The first-order chi connectivity index (χ1) is 4.95. The predicted octanol–water partition coefficient (Wildman–Crippen LogP) is 0.182. The van der Waals surface area contributed by atoms with E-state index >= 15 is 0 Å². The van der Waals surface area contributed by atoms with E-state index in [0.29, 0.717) is 0 Å². The van der Waals surface area contributed by atoms with Crippen molar-refractivity contribution in [1.29, 1.82) is 0 Å². The minimum atomic E-state index is -0.455. The third-order valence-corrected chi connectivity index (χ3v) is 1.14. The molecule has 0 N–H and O–H groups in total. The summed E-state index contributed by atoms with van der Waals surface area (Å²) in [5, 5.41) is 0. The van der Waals surface area contributed by atoms with Gasteiger partial charge in [0, 0.05) is 32.7 Å². The molecule has 0 aromatic rings. The zero-order valence-electron chi connectivity index (χ0n) is 7.96. The summed E-state index contributed by atoms with van der Waals surface area (Å²) in [6, 6.07) is 0. The van der Waals surface area contributed by atoms with Crippen molar-refractivity contribution in [2.45, 2.75) is 27.7 Å². The Labute approximate surface area is 115 Å². The van der Waals surface area contributed by atoms with Gasteiger partial charge < -0.3 is 4.74 Å². The van der Waals surface area contributed by atoms with E-state index in [1.165, 1.54) is 0 Å². The van der Waals surface area contributed by atoms with Gasteiger partial charge in [-0.3, -0.25) is 9.59 Å². The summed E-state index contributed by atoms with van der Waals surface area (Å²) in [4.78, 5) is 21.6. The van der Waals surface area contributed by atoms with Crippen molar-refractivity contribution in [3.05, 3.63) is 0 Å². The smallest absolute Gasteiger partial charge is 0.316 e. The van der Waals surface area contributed by atoms with Crippen LogP contribution in [-0.2, 0) is 47.0 Å². The molecular weight excluding hydrogens is 260 g/mol. The fraction of sp³-hybridized carbons (Fsp3) is 0.750. The van der Waals surface area contributed by atoms with Gasteiger partial charge in [-0.1, -0.05) is 27.7 Å². The first-order valence-electron chi connectivity index (χ1n) is 3.70. The maximum absolute atomic E-state index is 10.8. The van der Waals surface area contributed by atoms with Gasteiger partial charge in [-0.25, -0.2) is 0 Å². The van der Waals surface area contributed by atoms with Crippen molar-refractivity contribution in [3.63, 3.8) is 0 Å². The van der Waals surface area contributed by atoms with Crippen molar-refractivity contribution in [2.24, 2.45) is 11.8 Å². The van der Waals surface area contributed by atoms with Crippen LogP contribution in [0.3, 0.4) is 0 Å². The fourth-order valence-electron chi connectivity index (χ4n) is 0.335. The van der Waals surface area contributed by atoms with Crippen LogP contribution >= 0.6 is 0 Å². The van der Waals surface area contributed by atoms with E-state index in [0.717, 1.165) is 0 Å². The SMILES string of the molecule is CC(C)C(=O)OC(=O)C(C)C.[AlH3].[Y]. The molecule has 0 fully saturated rings. The molecule has 0 aromatic carbocycles. The van der Waals surface area contributed by atoms with Gasteiger partial charge in [0.05, 0.1) is 11.8 Å². The molecule has 0 saturated carbocycles. The number of ether oxygens (including phenoxy) is 1. The normalized spacial score (nSPS) is 8.77. The average Bonchev–Trinajstić information content (AvgIpc) is 1.87. The molecule has 5 heteroatoms. The van der Waals surface area contributed by atoms with Crippen LogP contribution in [0.4, 0.5) is 0 Å². The van der Waals surface area contributed by atoms with E-state index in [2.05, 4.69) is 4.74 Å². The Kier molecular flexibility index (Phi) is 13.9. The van der Waals surface area contributed by atoms with Crippen molar-refractivity contribution >= 4 is 29.3 Å². The number of carbonyl (C=O) groups is 2. The quantitative estimate of drug-likeness (QED) is 0.411. The predicted molar refractivity (Wildman–Crippen MR) is 50.7 cm³/mol. The van der Waals surface area contributed by atoms with Gasteiger partial charge in [-0.05, 0) is 0 Å². The second-order valence-electron chi connectivity index (χ2n) is 3.05. The maximum Gasteiger partial charge on any atom is 0.316 e. The molecule has 0 bridgehead atoms. The molecule has 0 saturated heterocycles. The van der Waals surface area contributed by atoms with E-state index in [-0.39, 0.29) is 61.9 Å². The maximum atomic E-state index is 10.8. The van der Waals surface area contributed by atoms with Crippen LogP contribution in [0.1, 0.15) is 27.7 Å². The molecule has 0 heterocycles. The zero-order chi connectivity index (χ0) is 9.02. The van der Waals surface area contributed by atoms with Gasteiger partial charge in [-0.15, -0.1) is 0 Å². The second-order valence-corrected chi connectivity index (χ2v) is 3.05. The average molecular weight is 277 g/mol. The Bertz CT molecular complexity index is 151. The molecule has 0 unspecified atom stereocenters. The molecule has 0 aromatic heterocycles. The zero-order valence-corrected chi connectivity index (χ0v) is 10.8. The molecule has 0 aliphatic rings. The fourth-order valence-corrected chi connectivity index (χ4v) is 0.335. The Morgan fingerprint density at radius 1 is 0.923 bits per heavy atom. The number of hydrogen-bond donors (Lipinski definition) is 0. The van der Waals surface area contributed by atoms with Gasteiger partial charge in [-0.2, -0.15) is 0 Å². The third kappa shape index (κ3) is 9.09. The third-order valence-electron chi connectivity index (χ3n) is 1.14. The minimum Gasteiger partial charge on any atom is -0.393 e. The monoisotopic (exact) mass is 277 g/mol. The van der Waals surface area contributed by atoms with Crippen LogP contribution in [0.25, 0.3) is 0 Å². The standard InChI is InChI=1S/C8H14O3.Al.Y.3H/c1-5(2)7(9)11-8(10)6(3)4;;;;;/h5-6H,1-4H3;;;;;. The molecular formula is C8H17AlO3Y. The molecule has 0 aliphatic carbocycles. The topological polar surface area (TPSA) is 43.4 Å². The van der Waals surface area contributed by atoms with Gasteiger partial charge in [0.1, 0.15) is 0 Å². The van der Waals surface area contributed by atoms with Crippen LogP contribution in [0.15, 0.2) is 0 Å². The van der Waals surface area contributed by atoms with Crippen molar-refractivity contribution in [1.82, 2.24) is 0 Å². The molecule has 3 nitrogen and oxygen atoms in total. The van der Waals surface area contributed by atoms with Crippen LogP contribution in [0.5, 0.6) is 0 Å². The van der Waals surface area contributed by atoms with E-state index in [9.17, 15) is 9.59 Å². The summed E-state index contributed by atoms with van der Waals surface area (Å²) < 4.78 is 4.50. The van der Waals surface area contributed by atoms with Crippen molar-refractivity contribution < 1.29 is 47.0 Å². The molecule has 0 spiro atoms. The molecule has 0 amide bonds. The minimum absolute atomic E-state index is 0. The second kappa shape index (κ2) is 9.34. The Balaban J connectivity index is -0.000000500. The first kappa shape index (κ1) is 19.4. The van der Waals surface area contributed by atoms with Crippen molar-refractivity contribution in [2.75, 3.05) is 0 Å². The van der Waals surface area contributed by atoms with E-state index in [1.54, 1.807) is 27.7 Å². The summed E-state index contributed by atoms with van der Waals surface area (Å²) in [5.74, 6) is -1.39. The van der Waals surface area contributed by atoms with Crippen LogP contribution in [0, 0.1) is 11.8 Å². The summed E-state index contributed by atoms with van der Waals surface area (Å²) in [7, 11) is 0. The van der Waals surface area contributed by atoms with Crippen LogP contribution in [0.2, 0.25) is 0 Å². The molecule has 73 valence electrons. The molecule has 1 radical (unpaired) electrons. The Morgan fingerprint density at radius 2 is 1.15 bits per heavy atom. The van der Waals surface area contributed by atoms with Crippen LogP contribution in [-0.4, -0.2) is 29.3 Å². The number of carbonyl (C=O) groups excluding carboxylic acids is 2. The summed E-state index contributed by atoms with van der Waals surface area (Å²) >= 11 is 0. The number of esters is 2. The number of hydrogen-bond acceptors (Lipinski definition) is 3. The Morgan fingerprint density at radius 3 is 1.31 bits per heavy atom. The molecule has 13 heavy (non-hydrogen) atoms. The van der Waals surface area contributed by atoms with Gasteiger partial charge in [0.15, 0.2) is 17.4 Å². The van der Waals surface area contributed by atoms with Gasteiger partial charge in [0.2, 0.25) is 0 Å². The van der Waals surface area contributed by atoms with Gasteiger partial charge >= 0.3 is 11.9 Å². The Hall–Kier alpha value is 0.776. The number of rotatable bonds is 2. The molecule has 0 aliphatic heterocycles. The first-order valence-corrected chi connectivity index (χ1v) is 3.70. The molecule has 0 atom stereocenters. The van der Waals surface area contributed by atoms with Crippen molar-refractivity contribution in [3.8, 4) is 0 Å². The largest absolute Gasteiger partial charge is 0.393 e. The van der Waals surface area contributed by atoms with E-state index in [4.69, 9.17) is 0 Å². The summed E-state index contributed by atoms with van der Waals surface area (Å²) in [6.45, 7) is 6.76. The van der Waals surface area contributed by atoms with Gasteiger partial charge in [0.25, 0.3) is 0 Å².